The monoisotopic (exact) mass is 464 g/mol. The summed E-state index contributed by atoms with van der Waals surface area (Å²) in [7, 11) is 1.86. The van der Waals surface area contributed by atoms with Crippen LogP contribution >= 0.6 is 35.3 Å². The molecule has 1 saturated heterocycles. The Labute approximate surface area is 168 Å². The van der Waals surface area contributed by atoms with Crippen molar-refractivity contribution in [1.29, 1.82) is 0 Å². The second kappa shape index (κ2) is 10.5. The maximum atomic E-state index is 4.37. The molecule has 6 heteroatoms. The molecule has 0 spiro atoms. The molecule has 138 valence electrons. The van der Waals surface area contributed by atoms with Gasteiger partial charge in [-0.05, 0) is 48.6 Å². The van der Waals surface area contributed by atoms with Crippen molar-refractivity contribution in [3.05, 3.63) is 17.5 Å². The average molecular weight is 464 g/mol. The van der Waals surface area contributed by atoms with Crippen LogP contribution in [0.15, 0.2) is 22.5 Å². The summed E-state index contributed by atoms with van der Waals surface area (Å²) in [5.74, 6) is 0.952. The van der Waals surface area contributed by atoms with Crippen LogP contribution in [0.25, 0.3) is 0 Å². The molecule has 1 aromatic rings. The molecule has 24 heavy (non-hydrogen) atoms. The third kappa shape index (κ3) is 7.59. The van der Waals surface area contributed by atoms with E-state index >= 15 is 0 Å². The highest BCUT2D eigenvalue weighted by Crippen LogP contribution is 2.24. The molecule has 4 nitrogen and oxygen atoms in total. The summed E-state index contributed by atoms with van der Waals surface area (Å²) in [5.41, 5.74) is 0.410. The zero-order valence-electron chi connectivity index (χ0n) is 15.5. The van der Waals surface area contributed by atoms with Gasteiger partial charge in [0.15, 0.2) is 5.96 Å². The van der Waals surface area contributed by atoms with E-state index in [1.807, 2.05) is 18.4 Å². The summed E-state index contributed by atoms with van der Waals surface area (Å²) in [5, 5.41) is 10.6. The minimum Gasteiger partial charge on any atom is -0.363 e. The fourth-order valence-corrected chi connectivity index (χ4v) is 3.69. The van der Waals surface area contributed by atoms with Gasteiger partial charge < -0.3 is 15.5 Å². The van der Waals surface area contributed by atoms with Crippen LogP contribution < -0.4 is 15.5 Å². The number of hydrogen-bond donors (Lipinski definition) is 2. The highest BCUT2D eigenvalue weighted by molar-refractivity contribution is 14.0. The molecular weight excluding hydrogens is 431 g/mol. The molecule has 0 unspecified atom stereocenters. The predicted octanol–water partition coefficient (Wildman–Crippen LogP) is 4.33. The van der Waals surface area contributed by atoms with Crippen LogP contribution in [0.5, 0.6) is 0 Å². The molecule has 1 aliphatic heterocycles. The van der Waals surface area contributed by atoms with Gasteiger partial charge in [-0.2, -0.15) is 0 Å². The van der Waals surface area contributed by atoms with Crippen LogP contribution in [0.3, 0.4) is 0 Å². The normalized spacial score (nSPS) is 16.7. The van der Waals surface area contributed by atoms with Crippen molar-refractivity contribution in [2.24, 2.45) is 10.4 Å². The van der Waals surface area contributed by atoms with Gasteiger partial charge in [-0.1, -0.05) is 20.8 Å². The molecule has 0 amide bonds. The van der Waals surface area contributed by atoms with Crippen molar-refractivity contribution in [2.45, 2.75) is 52.5 Å². The third-order valence-corrected chi connectivity index (χ3v) is 5.20. The summed E-state index contributed by atoms with van der Waals surface area (Å²) >= 11 is 1.83. The maximum Gasteiger partial charge on any atom is 0.191 e. The Kier molecular flexibility index (Phi) is 9.41. The lowest BCUT2D eigenvalue weighted by Gasteiger charge is -2.33. The SMILES string of the molecule is CN=C(NCCCC(C)(C)C)NC1CCN(c2cccs2)CC1.I. The predicted molar refractivity (Wildman–Crippen MR) is 118 cm³/mol. The number of nitrogens with zero attached hydrogens (tertiary/aromatic N) is 2. The van der Waals surface area contributed by atoms with Gasteiger partial charge in [0.05, 0.1) is 5.00 Å². The van der Waals surface area contributed by atoms with Crippen molar-refractivity contribution in [3.63, 3.8) is 0 Å². The molecule has 0 aliphatic carbocycles. The second-order valence-electron chi connectivity index (χ2n) is 7.52. The highest BCUT2D eigenvalue weighted by atomic mass is 127. The Balaban J connectivity index is 0.00000288. The Morgan fingerprint density at radius 2 is 2.04 bits per heavy atom. The lowest BCUT2D eigenvalue weighted by atomic mass is 9.91. The lowest BCUT2D eigenvalue weighted by molar-refractivity contribution is 0.365. The molecule has 0 aromatic carbocycles. The zero-order valence-corrected chi connectivity index (χ0v) is 18.6. The number of anilines is 1. The van der Waals surface area contributed by atoms with Crippen LogP contribution in [-0.2, 0) is 0 Å². The van der Waals surface area contributed by atoms with Crippen molar-refractivity contribution >= 4 is 46.3 Å². The number of halogens is 1. The smallest absolute Gasteiger partial charge is 0.191 e. The minimum absolute atomic E-state index is 0. The van der Waals surface area contributed by atoms with E-state index in [0.29, 0.717) is 11.5 Å². The van der Waals surface area contributed by atoms with E-state index in [1.165, 1.54) is 30.7 Å². The average Bonchev–Trinajstić information content (AvgIpc) is 3.04. The van der Waals surface area contributed by atoms with E-state index in [0.717, 1.165) is 25.6 Å². The standard InChI is InChI=1S/C18H32N4S.HI/c1-18(2,3)10-6-11-20-17(19-4)21-15-8-12-22(13-9-15)16-7-5-14-23-16;/h5,7,14-15H,6,8-13H2,1-4H3,(H2,19,20,21);1H. The van der Waals surface area contributed by atoms with E-state index in [9.17, 15) is 0 Å². The first kappa shape index (κ1) is 21.5. The number of hydrogen-bond acceptors (Lipinski definition) is 3. The molecule has 2 N–H and O–H groups in total. The Bertz CT molecular complexity index is 474. The van der Waals surface area contributed by atoms with Crippen molar-refractivity contribution in [1.82, 2.24) is 10.6 Å². The van der Waals surface area contributed by atoms with E-state index < -0.39 is 0 Å². The highest BCUT2D eigenvalue weighted by Gasteiger charge is 2.20. The van der Waals surface area contributed by atoms with Gasteiger partial charge in [-0.25, -0.2) is 0 Å². The Morgan fingerprint density at radius 3 is 2.58 bits per heavy atom. The summed E-state index contributed by atoms with van der Waals surface area (Å²) in [6.45, 7) is 10.1. The molecule has 0 radical (unpaired) electrons. The Hall–Kier alpha value is -0.500. The quantitative estimate of drug-likeness (QED) is 0.295. The first-order chi connectivity index (χ1) is 11.0. The van der Waals surface area contributed by atoms with Crippen molar-refractivity contribution in [2.75, 3.05) is 31.6 Å². The van der Waals surface area contributed by atoms with Gasteiger partial charge in [-0.3, -0.25) is 4.99 Å². The number of guanidine groups is 1. The summed E-state index contributed by atoms with van der Waals surface area (Å²) in [6, 6.07) is 4.88. The number of piperidine rings is 1. The van der Waals surface area contributed by atoms with Gasteiger partial charge in [-0.15, -0.1) is 35.3 Å². The van der Waals surface area contributed by atoms with E-state index in [1.54, 1.807) is 0 Å². The molecule has 1 aromatic heterocycles. The molecule has 0 atom stereocenters. The largest absolute Gasteiger partial charge is 0.363 e. The molecule has 0 bridgehead atoms. The molecular formula is C18H33IN4S. The van der Waals surface area contributed by atoms with E-state index in [4.69, 9.17) is 0 Å². The fourth-order valence-electron chi connectivity index (χ4n) is 2.91. The number of thiophene rings is 1. The van der Waals surface area contributed by atoms with Crippen molar-refractivity contribution < 1.29 is 0 Å². The molecule has 2 rings (SSSR count). The zero-order chi connectivity index (χ0) is 16.7. The second-order valence-corrected chi connectivity index (χ2v) is 8.45. The van der Waals surface area contributed by atoms with Crippen LogP contribution in [0.1, 0.15) is 46.5 Å². The minimum atomic E-state index is 0. The number of rotatable bonds is 5. The van der Waals surface area contributed by atoms with Gasteiger partial charge >= 0.3 is 0 Å². The van der Waals surface area contributed by atoms with E-state index in [-0.39, 0.29) is 24.0 Å². The van der Waals surface area contributed by atoms with Gasteiger partial charge in [0.1, 0.15) is 0 Å². The van der Waals surface area contributed by atoms with Crippen LogP contribution in [0.2, 0.25) is 0 Å². The van der Waals surface area contributed by atoms with E-state index in [2.05, 4.69) is 58.8 Å². The first-order valence-electron chi connectivity index (χ1n) is 8.73. The summed E-state index contributed by atoms with van der Waals surface area (Å²) in [4.78, 5) is 6.86. The van der Waals surface area contributed by atoms with Gasteiger partial charge in [0.2, 0.25) is 0 Å². The third-order valence-electron chi connectivity index (χ3n) is 4.27. The first-order valence-corrected chi connectivity index (χ1v) is 9.61. The number of aliphatic imine (C=N–C) groups is 1. The molecule has 0 saturated carbocycles. The summed E-state index contributed by atoms with van der Waals surface area (Å²) in [6.07, 6.45) is 4.75. The number of nitrogens with one attached hydrogen (secondary N) is 2. The van der Waals surface area contributed by atoms with Crippen LogP contribution in [-0.4, -0.2) is 38.7 Å². The molecule has 2 heterocycles. The van der Waals surface area contributed by atoms with Crippen LogP contribution in [0, 0.1) is 5.41 Å². The maximum absolute atomic E-state index is 4.37. The van der Waals surface area contributed by atoms with Crippen LogP contribution in [0.4, 0.5) is 5.00 Å². The van der Waals surface area contributed by atoms with Gasteiger partial charge in [0, 0.05) is 32.7 Å². The molecule has 1 fully saturated rings. The lowest BCUT2D eigenvalue weighted by Crippen LogP contribution is -2.48. The molecule has 1 aliphatic rings. The summed E-state index contributed by atoms with van der Waals surface area (Å²) < 4.78 is 0. The topological polar surface area (TPSA) is 39.7 Å². The van der Waals surface area contributed by atoms with Crippen molar-refractivity contribution in [3.8, 4) is 0 Å². The van der Waals surface area contributed by atoms with Gasteiger partial charge in [0.25, 0.3) is 0 Å². The Morgan fingerprint density at radius 1 is 1.33 bits per heavy atom. The fraction of sp³-hybridized carbons (Fsp3) is 0.722.